The van der Waals surface area contributed by atoms with Gasteiger partial charge in [-0.3, -0.25) is 9.48 Å². The molecule has 2 atom stereocenters. The summed E-state index contributed by atoms with van der Waals surface area (Å²) in [4.78, 5) is 12.8. The minimum absolute atomic E-state index is 0.112. The number of rotatable bonds is 4. The molecular formula is C17H20ClFN4O3S. The zero-order valence-corrected chi connectivity index (χ0v) is 16.4. The minimum atomic E-state index is -3.15. The Bertz CT molecular complexity index is 1010. The number of aryl methyl sites for hydroxylation is 1. The number of nitrogens with two attached hydrogens (primary N) is 1. The van der Waals surface area contributed by atoms with E-state index >= 15 is 0 Å². The topological polar surface area (TPSA) is 107 Å². The van der Waals surface area contributed by atoms with E-state index < -0.39 is 26.8 Å². The van der Waals surface area contributed by atoms with Crippen LogP contribution in [0, 0.1) is 5.82 Å². The van der Waals surface area contributed by atoms with Gasteiger partial charge in [-0.05, 0) is 37.5 Å². The number of hydrogen-bond acceptors (Lipinski definition) is 5. The van der Waals surface area contributed by atoms with Crippen LogP contribution in [0.3, 0.4) is 0 Å². The fourth-order valence-electron chi connectivity index (χ4n) is 3.42. The Morgan fingerprint density at radius 3 is 2.70 bits per heavy atom. The number of amides is 1. The van der Waals surface area contributed by atoms with Gasteiger partial charge >= 0.3 is 0 Å². The van der Waals surface area contributed by atoms with Crippen molar-refractivity contribution in [1.29, 1.82) is 0 Å². The summed E-state index contributed by atoms with van der Waals surface area (Å²) in [7, 11) is -1.54. The number of anilines is 2. The largest absolute Gasteiger partial charge is 0.383 e. The molecule has 1 aromatic heterocycles. The fourth-order valence-corrected chi connectivity index (χ4v) is 4.75. The van der Waals surface area contributed by atoms with E-state index in [9.17, 15) is 17.6 Å². The molecule has 1 aromatic carbocycles. The van der Waals surface area contributed by atoms with Crippen LogP contribution in [0.1, 0.15) is 41.2 Å². The van der Waals surface area contributed by atoms with Crippen molar-refractivity contribution in [3.8, 4) is 0 Å². The van der Waals surface area contributed by atoms with Gasteiger partial charge in [0.05, 0.1) is 16.0 Å². The second kappa shape index (κ2) is 7.12. The normalized spacial score (nSPS) is 20.0. The summed E-state index contributed by atoms with van der Waals surface area (Å²) in [6, 6.07) is 3.84. The van der Waals surface area contributed by atoms with Crippen molar-refractivity contribution in [1.82, 2.24) is 9.78 Å². The molecule has 3 N–H and O–H groups in total. The van der Waals surface area contributed by atoms with Crippen LogP contribution in [0.4, 0.5) is 15.9 Å². The number of nitrogen functional groups attached to an aromatic ring is 1. The summed E-state index contributed by atoms with van der Waals surface area (Å²) >= 11 is 5.75. The molecule has 2 unspecified atom stereocenters. The molecule has 0 saturated heterocycles. The Kier molecular flexibility index (Phi) is 5.18. The van der Waals surface area contributed by atoms with Crippen LogP contribution in [-0.4, -0.2) is 35.6 Å². The average molecular weight is 415 g/mol. The molecule has 7 nitrogen and oxygen atoms in total. The zero-order valence-electron chi connectivity index (χ0n) is 14.9. The SMILES string of the molecule is Cn1nc(C2CCC(S(C)(=O)=O)C2)c(C(=O)Nc2ccc(F)c(Cl)c2)c1N. The molecule has 1 heterocycles. The summed E-state index contributed by atoms with van der Waals surface area (Å²) in [6.45, 7) is 0. The second-order valence-corrected chi connectivity index (χ2v) is 9.55. The molecule has 1 aliphatic carbocycles. The lowest BCUT2D eigenvalue weighted by molar-refractivity contribution is 0.102. The summed E-state index contributed by atoms with van der Waals surface area (Å²) in [5.41, 5.74) is 7.04. The predicted molar refractivity (Wildman–Crippen MR) is 102 cm³/mol. The van der Waals surface area contributed by atoms with Gasteiger partial charge < -0.3 is 11.1 Å². The molecular weight excluding hydrogens is 395 g/mol. The molecule has 27 heavy (non-hydrogen) atoms. The summed E-state index contributed by atoms with van der Waals surface area (Å²) in [6.07, 6.45) is 2.75. The highest BCUT2D eigenvalue weighted by molar-refractivity contribution is 7.91. The molecule has 1 aliphatic rings. The van der Waals surface area contributed by atoms with Gasteiger partial charge in [-0.15, -0.1) is 0 Å². The lowest BCUT2D eigenvalue weighted by Crippen LogP contribution is -2.18. The number of aromatic nitrogens is 2. The first-order valence-electron chi connectivity index (χ1n) is 8.35. The third kappa shape index (κ3) is 3.93. The van der Waals surface area contributed by atoms with Crippen molar-refractivity contribution in [2.75, 3.05) is 17.3 Å². The van der Waals surface area contributed by atoms with Crippen molar-refractivity contribution in [3.63, 3.8) is 0 Å². The van der Waals surface area contributed by atoms with E-state index in [-0.39, 0.29) is 22.3 Å². The first-order chi connectivity index (χ1) is 12.6. The molecule has 1 saturated carbocycles. The molecule has 0 radical (unpaired) electrons. The number of benzene rings is 1. The molecule has 0 spiro atoms. The Labute approximate surface area is 161 Å². The Morgan fingerprint density at radius 1 is 1.41 bits per heavy atom. The van der Waals surface area contributed by atoms with Crippen LogP contribution < -0.4 is 11.1 Å². The van der Waals surface area contributed by atoms with Crippen LogP contribution in [0.5, 0.6) is 0 Å². The molecule has 10 heteroatoms. The minimum Gasteiger partial charge on any atom is -0.383 e. The highest BCUT2D eigenvalue weighted by Crippen LogP contribution is 2.39. The maximum atomic E-state index is 13.3. The van der Waals surface area contributed by atoms with Gasteiger partial charge in [0.1, 0.15) is 27.0 Å². The highest BCUT2D eigenvalue weighted by atomic mass is 35.5. The van der Waals surface area contributed by atoms with E-state index in [0.29, 0.717) is 30.6 Å². The zero-order chi connectivity index (χ0) is 19.9. The third-order valence-electron chi connectivity index (χ3n) is 4.90. The summed E-state index contributed by atoms with van der Waals surface area (Å²) < 4.78 is 38.4. The second-order valence-electron chi connectivity index (χ2n) is 6.81. The predicted octanol–water partition coefficient (Wildman–Crippen LogP) is 2.73. The van der Waals surface area contributed by atoms with Crippen molar-refractivity contribution < 1.29 is 17.6 Å². The summed E-state index contributed by atoms with van der Waals surface area (Å²) in [5.74, 6) is -1.08. The highest BCUT2D eigenvalue weighted by Gasteiger charge is 2.36. The van der Waals surface area contributed by atoms with Gasteiger partial charge in [-0.25, -0.2) is 12.8 Å². The van der Waals surface area contributed by atoms with E-state index in [1.807, 2.05) is 0 Å². The van der Waals surface area contributed by atoms with Gasteiger partial charge in [-0.1, -0.05) is 11.6 Å². The maximum absolute atomic E-state index is 13.3. The number of halogens is 2. The van der Waals surface area contributed by atoms with Crippen LogP contribution >= 0.6 is 11.6 Å². The van der Waals surface area contributed by atoms with E-state index in [0.717, 1.165) is 6.07 Å². The van der Waals surface area contributed by atoms with Crippen LogP contribution in [0.25, 0.3) is 0 Å². The molecule has 0 aliphatic heterocycles. The van der Waals surface area contributed by atoms with Crippen LogP contribution in [0.15, 0.2) is 18.2 Å². The van der Waals surface area contributed by atoms with E-state index in [1.165, 1.54) is 23.1 Å². The number of hydrogen-bond donors (Lipinski definition) is 2. The first kappa shape index (κ1) is 19.6. The van der Waals surface area contributed by atoms with Gasteiger partial charge in [0.2, 0.25) is 0 Å². The van der Waals surface area contributed by atoms with Gasteiger partial charge in [0.25, 0.3) is 5.91 Å². The van der Waals surface area contributed by atoms with Crippen molar-refractivity contribution in [3.05, 3.63) is 40.3 Å². The Morgan fingerprint density at radius 2 is 2.11 bits per heavy atom. The molecule has 3 rings (SSSR count). The average Bonchev–Trinajstić information content (AvgIpc) is 3.17. The lowest BCUT2D eigenvalue weighted by Gasteiger charge is -2.11. The smallest absolute Gasteiger partial charge is 0.261 e. The molecule has 1 amide bonds. The summed E-state index contributed by atoms with van der Waals surface area (Å²) in [5, 5.41) is 6.44. The van der Waals surface area contributed by atoms with E-state index in [1.54, 1.807) is 7.05 Å². The van der Waals surface area contributed by atoms with Crippen molar-refractivity contribution in [2.24, 2.45) is 7.05 Å². The first-order valence-corrected chi connectivity index (χ1v) is 10.7. The molecule has 2 aromatic rings. The van der Waals surface area contributed by atoms with Crippen LogP contribution in [-0.2, 0) is 16.9 Å². The standard InChI is InChI=1S/C17H20ClFN4O3S/c1-23-16(20)14(17(24)21-10-4-6-13(19)12(18)8-10)15(22-23)9-3-5-11(7-9)27(2,25)26/h4,6,8-9,11H,3,5,7,20H2,1-2H3,(H,21,24). The van der Waals surface area contributed by atoms with Gasteiger partial charge in [-0.2, -0.15) is 5.10 Å². The lowest BCUT2D eigenvalue weighted by atomic mass is 9.99. The van der Waals surface area contributed by atoms with Crippen molar-refractivity contribution >= 4 is 38.9 Å². The third-order valence-corrected chi connectivity index (χ3v) is 6.83. The maximum Gasteiger partial charge on any atom is 0.261 e. The molecule has 1 fully saturated rings. The fraction of sp³-hybridized carbons (Fsp3) is 0.412. The van der Waals surface area contributed by atoms with E-state index in [4.69, 9.17) is 17.3 Å². The monoisotopic (exact) mass is 414 g/mol. The van der Waals surface area contributed by atoms with E-state index in [2.05, 4.69) is 10.4 Å². The number of carbonyl (C=O) groups excluding carboxylic acids is 1. The Hall–Kier alpha value is -2.13. The van der Waals surface area contributed by atoms with Crippen molar-refractivity contribution in [2.45, 2.75) is 30.4 Å². The number of nitrogens with one attached hydrogen (secondary N) is 1. The van der Waals surface area contributed by atoms with Gasteiger partial charge in [0.15, 0.2) is 0 Å². The molecule has 0 bridgehead atoms. The molecule has 146 valence electrons. The quantitative estimate of drug-likeness (QED) is 0.799. The Balaban J connectivity index is 1.89. The number of carbonyl (C=O) groups is 1. The number of sulfone groups is 1. The van der Waals surface area contributed by atoms with Gasteiger partial charge in [0, 0.05) is 24.9 Å². The number of nitrogens with zero attached hydrogens (tertiary/aromatic N) is 2. The van der Waals surface area contributed by atoms with Crippen LogP contribution in [0.2, 0.25) is 5.02 Å².